The van der Waals surface area contributed by atoms with Gasteiger partial charge in [-0.25, -0.2) is 0 Å². The van der Waals surface area contributed by atoms with Gasteiger partial charge in [-0.05, 0) is 18.4 Å². The smallest absolute Gasteiger partial charge is 0.0833 e. The van der Waals surface area contributed by atoms with Crippen LogP contribution in [0, 0.1) is 0 Å². The largest absolute Gasteiger partial charge is 0.287 e. The third kappa shape index (κ3) is 0.856. The van der Waals surface area contributed by atoms with Gasteiger partial charge in [0, 0.05) is 12.4 Å². The van der Waals surface area contributed by atoms with Crippen LogP contribution in [0.1, 0.15) is 12.8 Å². The van der Waals surface area contributed by atoms with Crippen LogP contribution in [0.4, 0.5) is 0 Å². The third-order valence-electron chi connectivity index (χ3n) is 1.76. The van der Waals surface area contributed by atoms with Crippen LogP contribution in [0.15, 0.2) is 28.5 Å². The van der Waals surface area contributed by atoms with Gasteiger partial charge in [-0.1, -0.05) is 6.08 Å². The summed E-state index contributed by atoms with van der Waals surface area (Å²) in [6.07, 6.45) is 8.22. The Hall–Kier alpha value is -1.05. The SMILES string of the molecule is C1=NC2=C[N]CC=C2CC1. The highest BCUT2D eigenvalue weighted by atomic mass is 14.9. The van der Waals surface area contributed by atoms with Gasteiger partial charge >= 0.3 is 0 Å². The molecule has 51 valence electrons. The topological polar surface area (TPSA) is 26.5 Å². The first-order chi connectivity index (χ1) is 4.97. The lowest BCUT2D eigenvalue weighted by atomic mass is 10.0. The minimum Gasteiger partial charge on any atom is -0.287 e. The molecule has 0 bridgehead atoms. The van der Waals surface area contributed by atoms with E-state index < -0.39 is 0 Å². The summed E-state index contributed by atoms with van der Waals surface area (Å²) in [6.45, 7) is 0.842. The molecule has 0 fully saturated rings. The second-order valence-electron chi connectivity index (χ2n) is 2.46. The zero-order valence-corrected chi connectivity index (χ0v) is 5.75. The lowest BCUT2D eigenvalue weighted by Gasteiger charge is -2.14. The molecule has 0 unspecified atom stereocenters. The van der Waals surface area contributed by atoms with Crippen molar-refractivity contribution in [1.29, 1.82) is 0 Å². The Morgan fingerprint density at radius 1 is 1.40 bits per heavy atom. The fourth-order valence-corrected chi connectivity index (χ4v) is 1.22. The highest BCUT2D eigenvalue weighted by Gasteiger charge is 2.09. The molecule has 0 N–H and O–H groups in total. The first-order valence-electron chi connectivity index (χ1n) is 3.55. The van der Waals surface area contributed by atoms with Gasteiger partial charge in [0.05, 0.1) is 12.2 Å². The summed E-state index contributed by atoms with van der Waals surface area (Å²) in [4.78, 5) is 4.23. The van der Waals surface area contributed by atoms with E-state index >= 15 is 0 Å². The van der Waals surface area contributed by atoms with Gasteiger partial charge < -0.3 is 0 Å². The maximum absolute atomic E-state index is 4.23. The van der Waals surface area contributed by atoms with E-state index in [9.17, 15) is 0 Å². The van der Waals surface area contributed by atoms with Gasteiger partial charge in [-0.15, -0.1) is 0 Å². The van der Waals surface area contributed by atoms with Gasteiger partial charge in [-0.3, -0.25) is 10.3 Å². The van der Waals surface area contributed by atoms with E-state index in [0.29, 0.717) is 0 Å². The Balaban J connectivity index is 2.33. The molecule has 0 amide bonds. The third-order valence-corrected chi connectivity index (χ3v) is 1.76. The Morgan fingerprint density at radius 2 is 2.40 bits per heavy atom. The van der Waals surface area contributed by atoms with E-state index in [2.05, 4.69) is 16.4 Å². The fourth-order valence-electron chi connectivity index (χ4n) is 1.22. The van der Waals surface area contributed by atoms with Crippen LogP contribution in [0.25, 0.3) is 0 Å². The minimum absolute atomic E-state index is 0.842. The summed E-state index contributed by atoms with van der Waals surface area (Å²) >= 11 is 0. The van der Waals surface area contributed by atoms with Gasteiger partial charge in [0.1, 0.15) is 0 Å². The Bertz CT molecular complexity index is 223. The van der Waals surface area contributed by atoms with Crippen molar-refractivity contribution in [1.82, 2.24) is 5.32 Å². The fraction of sp³-hybridized carbons (Fsp3) is 0.375. The van der Waals surface area contributed by atoms with Crippen LogP contribution in [0.5, 0.6) is 0 Å². The summed E-state index contributed by atoms with van der Waals surface area (Å²) in [5, 5.41) is 4.11. The van der Waals surface area contributed by atoms with Crippen LogP contribution < -0.4 is 5.32 Å². The molecule has 0 atom stereocenters. The first kappa shape index (κ1) is 5.71. The number of allylic oxidation sites excluding steroid dienone is 1. The van der Waals surface area contributed by atoms with Crippen LogP contribution in [0.3, 0.4) is 0 Å². The molecule has 0 saturated heterocycles. The van der Waals surface area contributed by atoms with E-state index in [1.807, 2.05) is 12.4 Å². The van der Waals surface area contributed by atoms with Crippen molar-refractivity contribution >= 4 is 6.21 Å². The first-order valence-corrected chi connectivity index (χ1v) is 3.55. The van der Waals surface area contributed by atoms with E-state index in [4.69, 9.17) is 0 Å². The van der Waals surface area contributed by atoms with Crippen LogP contribution in [-0.4, -0.2) is 12.8 Å². The van der Waals surface area contributed by atoms with Crippen molar-refractivity contribution in [3.8, 4) is 0 Å². The standard InChI is InChI=1S/C8H9N2/c1-2-7-3-5-9-6-8(7)10-4-1/h3-4,6H,1-2,5H2. The Morgan fingerprint density at radius 3 is 3.30 bits per heavy atom. The van der Waals surface area contributed by atoms with Crippen LogP contribution in [-0.2, 0) is 0 Å². The van der Waals surface area contributed by atoms with Crippen LogP contribution in [0.2, 0.25) is 0 Å². The zero-order chi connectivity index (χ0) is 6.81. The number of hydrogen-bond acceptors (Lipinski definition) is 1. The molecule has 0 aromatic heterocycles. The minimum atomic E-state index is 0.842. The van der Waals surface area contributed by atoms with Crippen LogP contribution >= 0.6 is 0 Å². The summed E-state index contributed by atoms with van der Waals surface area (Å²) in [5.74, 6) is 0. The van der Waals surface area contributed by atoms with Gasteiger partial charge in [-0.2, -0.15) is 0 Å². The Kier molecular flexibility index (Phi) is 1.31. The molecular formula is C8H9N2. The van der Waals surface area contributed by atoms with Crippen molar-refractivity contribution in [3.05, 3.63) is 23.5 Å². The highest BCUT2D eigenvalue weighted by molar-refractivity contribution is 5.64. The molecule has 2 nitrogen and oxygen atoms in total. The maximum atomic E-state index is 4.23. The molecule has 2 aliphatic rings. The van der Waals surface area contributed by atoms with Crippen molar-refractivity contribution in [2.45, 2.75) is 12.8 Å². The van der Waals surface area contributed by atoms with Crippen molar-refractivity contribution in [2.24, 2.45) is 4.99 Å². The van der Waals surface area contributed by atoms with Crippen molar-refractivity contribution < 1.29 is 0 Å². The van der Waals surface area contributed by atoms with Gasteiger partial charge in [0.15, 0.2) is 0 Å². The van der Waals surface area contributed by atoms with Crippen molar-refractivity contribution in [3.63, 3.8) is 0 Å². The summed E-state index contributed by atoms with van der Waals surface area (Å²) in [5.41, 5.74) is 2.44. The molecule has 0 saturated carbocycles. The molecule has 2 heterocycles. The summed E-state index contributed by atoms with van der Waals surface area (Å²) < 4.78 is 0. The number of aliphatic imine (C=N–C) groups is 1. The summed E-state index contributed by atoms with van der Waals surface area (Å²) in [7, 11) is 0. The normalized spacial score (nSPS) is 22.4. The molecule has 2 rings (SSSR count). The maximum Gasteiger partial charge on any atom is 0.0833 e. The monoisotopic (exact) mass is 133 g/mol. The molecule has 0 spiro atoms. The van der Waals surface area contributed by atoms with Crippen molar-refractivity contribution in [2.75, 3.05) is 6.54 Å². The zero-order valence-electron chi connectivity index (χ0n) is 5.75. The molecule has 2 aliphatic heterocycles. The Labute approximate surface area is 60.3 Å². The molecule has 10 heavy (non-hydrogen) atoms. The molecule has 2 heteroatoms. The van der Waals surface area contributed by atoms with E-state index in [1.54, 1.807) is 0 Å². The predicted molar refractivity (Wildman–Crippen MR) is 40.9 cm³/mol. The molecular weight excluding hydrogens is 124 g/mol. The molecule has 0 aromatic rings. The predicted octanol–water partition coefficient (Wildman–Crippen LogP) is 1.24. The molecule has 1 radical (unpaired) electrons. The molecule has 0 aliphatic carbocycles. The summed E-state index contributed by atoms with van der Waals surface area (Å²) in [6, 6.07) is 0. The van der Waals surface area contributed by atoms with E-state index in [0.717, 1.165) is 25.1 Å². The van der Waals surface area contributed by atoms with E-state index in [-0.39, 0.29) is 0 Å². The number of nitrogens with zero attached hydrogens (tertiary/aromatic N) is 2. The second-order valence-corrected chi connectivity index (χ2v) is 2.46. The lowest BCUT2D eigenvalue weighted by molar-refractivity contribution is 0.866. The second kappa shape index (κ2) is 2.29. The quantitative estimate of drug-likeness (QED) is 0.475. The molecule has 0 aromatic carbocycles. The lowest BCUT2D eigenvalue weighted by Crippen LogP contribution is -2.08. The average Bonchev–Trinajstić information content (AvgIpc) is 2.05. The average molecular weight is 133 g/mol. The number of hydrogen-bond donors (Lipinski definition) is 0. The highest BCUT2D eigenvalue weighted by Crippen LogP contribution is 2.21. The van der Waals surface area contributed by atoms with Gasteiger partial charge in [0.2, 0.25) is 0 Å². The van der Waals surface area contributed by atoms with Gasteiger partial charge in [0.25, 0.3) is 0 Å². The number of rotatable bonds is 0. The van der Waals surface area contributed by atoms with E-state index in [1.165, 1.54) is 5.57 Å². The number of fused-ring (bicyclic) bond motifs is 1.